The fourth-order valence-electron chi connectivity index (χ4n) is 4.11. The highest BCUT2D eigenvalue weighted by Gasteiger charge is 2.23. The molecule has 4 heteroatoms. The fourth-order valence-corrected chi connectivity index (χ4v) is 4.94. The second kappa shape index (κ2) is 6.87. The van der Waals surface area contributed by atoms with Crippen molar-refractivity contribution in [2.75, 3.05) is 13.6 Å². The minimum Gasteiger partial charge on any atom is -0.302 e. The van der Waals surface area contributed by atoms with Crippen LogP contribution in [-0.2, 0) is 6.54 Å². The number of benzene rings is 2. The van der Waals surface area contributed by atoms with Crippen LogP contribution in [0.4, 0.5) is 0 Å². The van der Waals surface area contributed by atoms with Crippen LogP contribution in [0.3, 0.4) is 0 Å². The highest BCUT2D eigenvalue weighted by atomic mass is 32.1. The molecule has 4 aromatic rings. The van der Waals surface area contributed by atoms with Crippen LogP contribution in [0.15, 0.2) is 66.2 Å². The quantitative estimate of drug-likeness (QED) is 0.477. The molecular weight excluding hydrogens is 350 g/mol. The normalized spacial score (nSPS) is 17.6. The van der Waals surface area contributed by atoms with Crippen molar-refractivity contribution in [2.24, 2.45) is 0 Å². The van der Waals surface area contributed by atoms with Crippen LogP contribution < -0.4 is 0 Å². The second-order valence-electron chi connectivity index (χ2n) is 7.32. The van der Waals surface area contributed by atoms with E-state index < -0.39 is 0 Å². The van der Waals surface area contributed by atoms with Gasteiger partial charge in [0.1, 0.15) is 0 Å². The Morgan fingerprint density at radius 1 is 1.07 bits per heavy atom. The molecule has 0 aliphatic carbocycles. The number of nitrogens with zero attached hydrogens (tertiary/aromatic N) is 3. The number of hydrogen-bond acceptors (Lipinski definition) is 4. The summed E-state index contributed by atoms with van der Waals surface area (Å²) in [6, 6.07) is 19.9. The van der Waals surface area contributed by atoms with Crippen molar-refractivity contribution in [3.63, 3.8) is 0 Å². The van der Waals surface area contributed by atoms with Crippen LogP contribution in [0.5, 0.6) is 0 Å². The first-order valence-electron chi connectivity index (χ1n) is 9.34. The van der Waals surface area contributed by atoms with Gasteiger partial charge in [-0.25, -0.2) is 0 Å². The lowest BCUT2D eigenvalue weighted by molar-refractivity contribution is 0.328. The minimum absolute atomic E-state index is 0.437. The number of fused-ring (bicyclic) bond motifs is 2. The molecule has 1 unspecified atom stereocenters. The predicted octanol–water partition coefficient (Wildman–Crippen LogP) is 5.33. The molecule has 3 nitrogen and oxygen atoms in total. The maximum atomic E-state index is 4.28. The third kappa shape index (κ3) is 3.15. The Labute approximate surface area is 163 Å². The number of rotatable bonds is 2. The van der Waals surface area contributed by atoms with Crippen molar-refractivity contribution < 1.29 is 0 Å². The highest BCUT2D eigenvalue weighted by molar-refractivity contribution is 7.17. The maximum Gasteiger partial charge on any atom is 0.0929 e. The Morgan fingerprint density at radius 2 is 2.04 bits per heavy atom. The van der Waals surface area contributed by atoms with E-state index >= 15 is 0 Å². The number of hydrogen-bond donors (Lipinski definition) is 0. The maximum absolute atomic E-state index is 4.28. The van der Waals surface area contributed by atoms with Gasteiger partial charge in [-0.05, 0) is 77.8 Å². The van der Waals surface area contributed by atoms with Gasteiger partial charge < -0.3 is 4.90 Å². The van der Waals surface area contributed by atoms with E-state index in [4.69, 9.17) is 0 Å². The van der Waals surface area contributed by atoms with E-state index in [0.717, 1.165) is 30.8 Å². The lowest BCUT2D eigenvalue weighted by atomic mass is 9.85. The molecule has 2 aromatic carbocycles. The Hall–Kier alpha value is -2.56. The zero-order valence-electron chi connectivity index (χ0n) is 15.3. The summed E-state index contributed by atoms with van der Waals surface area (Å²) >= 11 is 1.83. The largest absolute Gasteiger partial charge is 0.302 e. The standard InChI is InChI=1S/C23H21N3S/c1-26-11-8-21(17-5-4-16-9-12-27-23(16)14-17)20-7-6-18(13-19(20)15-26)22-3-2-10-24-25-22/h2-7,9-10,12-14,21H,8,11,15H2,1H3. The molecule has 1 atom stereocenters. The van der Waals surface area contributed by atoms with Gasteiger partial charge in [0.15, 0.2) is 0 Å². The molecule has 1 aliphatic rings. The van der Waals surface area contributed by atoms with E-state index in [0.29, 0.717) is 5.92 Å². The zero-order valence-corrected chi connectivity index (χ0v) is 16.1. The summed E-state index contributed by atoms with van der Waals surface area (Å²) in [5.74, 6) is 0.437. The third-order valence-electron chi connectivity index (χ3n) is 5.51. The van der Waals surface area contributed by atoms with E-state index in [-0.39, 0.29) is 0 Å². The van der Waals surface area contributed by atoms with E-state index in [1.54, 1.807) is 6.20 Å². The summed E-state index contributed by atoms with van der Waals surface area (Å²) in [5, 5.41) is 11.8. The van der Waals surface area contributed by atoms with Gasteiger partial charge in [-0.1, -0.05) is 24.3 Å². The lowest BCUT2D eigenvalue weighted by Gasteiger charge is -2.19. The van der Waals surface area contributed by atoms with Gasteiger partial charge in [0, 0.05) is 28.9 Å². The topological polar surface area (TPSA) is 29.0 Å². The summed E-state index contributed by atoms with van der Waals surface area (Å²) in [7, 11) is 2.21. The molecule has 0 radical (unpaired) electrons. The van der Waals surface area contributed by atoms with Gasteiger partial charge in [-0.2, -0.15) is 10.2 Å². The Kier molecular flexibility index (Phi) is 4.23. The van der Waals surface area contributed by atoms with Gasteiger partial charge in [-0.15, -0.1) is 11.3 Å². The molecule has 0 bridgehead atoms. The molecule has 0 amide bonds. The van der Waals surface area contributed by atoms with Crippen molar-refractivity contribution in [3.05, 3.63) is 82.9 Å². The smallest absolute Gasteiger partial charge is 0.0929 e. The average molecular weight is 372 g/mol. The average Bonchev–Trinajstić information content (AvgIpc) is 3.10. The van der Waals surface area contributed by atoms with Gasteiger partial charge in [0.25, 0.3) is 0 Å². The van der Waals surface area contributed by atoms with E-state index in [1.807, 2.05) is 23.5 Å². The predicted molar refractivity (Wildman–Crippen MR) is 112 cm³/mol. The molecule has 0 spiro atoms. The monoisotopic (exact) mass is 371 g/mol. The number of aromatic nitrogens is 2. The Bertz CT molecular complexity index is 1090. The van der Waals surface area contributed by atoms with Crippen LogP contribution in [0.1, 0.15) is 29.0 Å². The van der Waals surface area contributed by atoms with Gasteiger partial charge in [0.2, 0.25) is 0 Å². The molecular formula is C23H21N3S. The van der Waals surface area contributed by atoms with E-state index in [9.17, 15) is 0 Å². The van der Waals surface area contributed by atoms with E-state index in [2.05, 4.69) is 70.0 Å². The van der Waals surface area contributed by atoms with Crippen molar-refractivity contribution in [3.8, 4) is 11.3 Å². The summed E-state index contributed by atoms with van der Waals surface area (Å²) in [6.07, 6.45) is 2.86. The summed E-state index contributed by atoms with van der Waals surface area (Å²) < 4.78 is 1.38. The molecule has 2 aromatic heterocycles. The lowest BCUT2D eigenvalue weighted by Crippen LogP contribution is -2.17. The van der Waals surface area contributed by atoms with Gasteiger partial charge in [-0.3, -0.25) is 0 Å². The molecule has 0 fully saturated rings. The Balaban J connectivity index is 1.60. The molecule has 5 rings (SSSR count). The minimum atomic E-state index is 0.437. The van der Waals surface area contributed by atoms with Crippen LogP contribution in [0.2, 0.25) is 0 Å². The zero-order chi connectivity index (χ0) is 18.2. The second-order valence-corrected chi connectivity index (χ2v) is 8.27. The molecule has 0 N–H and O–H groups in total. The SMILES string of the molecule is CN1CCC(c2ccc3ccsc3c2)c2ccc(-c3cccnn3)cc2C1. The summed E-state index contributed by atoms with van der Waals surface area (Å²) in [6.45, 7) is 2.07. The molecule has 27 heavy (non-hydrogen) atoms. The molecule has 0 saturated heterocycles. The first-order valence-corrected chi connectivity index (χ1v) is 10.2. The first kappa shape index (κ1) is 16.6. The molecule has 1 aliphatic heterocycles. The third-order valence-corrected chi connectivity index (χ3v) is 6.39. The van der Waals surface area contributed by atoms with Crippen molar-refractivity contribution in [2.45, 2.75) is 18.9 Å². The van der Waals surface area contributed by atoms with E-state index in [1.165, 1.54) is 26.8 Å². The molecule has 0 saturated carbocycles. The highest BCUT2D eigenvalue weighted by Crippen LogP contribution is 2.37. The first-order chi connectivity index (χ1) is 13.3. The molecule has 134 valence electrons. The van der Waals surface area contributed by atoms with Crippen LogP contribution >= 0.6 is 11.3 Å². The van der Waals surface area contributed by atoms with Crippen LogP contribution in [0, 0.1) is 0 Å². The van der Waals surface area contributed by atoms with Crippen molar-refractivity contribution in [1.82, 2.24) is 15.1 Å². The summed E-state index contributed by atoms with van der Waals surface area (Å²) in [5.41, 5.74) is 6.35. The van der Waals surface area contributed by atoms with Crippen LogP contribution in [0.25, 0.3) is 21.3 Å². The molecule has 3 heterocycles. The van der Waals surface area contributed by atoms with Crippen molar-refractivity contribution in [1.29, 1.82) is 0 Å². The van der Waals surface area contributed by atoms with Crippen molar-refractivity contribution >= 4 is 21.4 Å². The number of thiophene rings is 1. The van der Waals surface area contributed by atoms with Crippen LogP contribution in [-0.4, -0.2) is 28.7 Å². The van der Waals surface area contributed by atoms with Gasteiger partial charge in [0.05, 0.1) is 5.69 Å². The van der Waals surface area contributed by atoms with Gasteiger partial charge >= 0.3 is 0 Å². The summed E-state index contributed by atoms with van der Waals surface area (Å²) in [4.78, 5) is 2.42. The fraction of sp³-hybridized carbons (Fsp3) is 0.217. The Morgan fingerprint density at radius 3 is 2.93 bits per heavy atom.